The van der Waals surface area contributed by atoms with E-state index in [0.29, 0.717) is 28.0 Å². The molecule has 1 aliphatic carbocycles. The first-order chi connectivity index (χ1) is 11.3. The summed E-state index contributed by atoms with van der Waals surface area (Å²) in [6.07, 6.45) is 0.0825. The number of Topliss-reactive ketones (excluding diaryl/α,β-unsaturated/α-hetero) is 1. The summed E-state index contributed by atoms with van der Waals surface area (Å²) in [6, 6.07) is 7.14. The van der Waals surface area contributed by atoms with Crippen LogP contribution in [0.2, 0.25) is 0 Å². The van der Waals surface area contributed by atoms with E-state index in [2.05, 4.69) is 12.3 Å². The topological polar surface area (TPSA) is 55.8 Å². The molecule has 4 nitrogen and oxygen atoms in total. The molecule has 0 unspecified atom stereocenters. The van der Waals surface area contributed by atoms with Gasteiger partial charge >= 0.3 is 0 Å². The summed E-state index contributed by atoms with van der Waals surface area (Å²) in [4.78, 5) is 13.1. The molecule has 1 N–H and O–H groups in total. The van der Waals surface area contributed by atoms with Crippen LogP contribution in [0.3, 0.4) is 0 Å². The smallest absolute Gasteiger partial charge is 0.195 e. The zero-order chi connectivity index (χ0) is 18.1. The van der Waals surface area contributed by atoms with Gasteiger partial charge in [0.1, 0.15) is 11.4 Å². The minimum absolute atomic E-state index is 0.0825. The molecule has 24 heavy (non-hydrogen) atoms. The molecule has 2 atom stereocenters. The minimum Gasteiger partial charge on any atom is -0.497 e. The molecule has 0 heterocycles. The summed E-state index contributed by atoms with van der Waals surface area (Å²) < 4.78 is 10.9. The lowest BCUT2D eigenvalue weighted by Gasteiger charge is -2.44. The number of aliphatic hydroxyl groups is 1. The zero-order valence-electron chi connectivity index (χ0n) is 14.9. The van der Waals surface area contributed by atoms with Gasteiger partial charge in [0, 0.05) is 19.1 Å². The molecule has 0 spiro atoms. The number of ketones is 1. The van der Waals surface area contributed by atoms with Crippen LogP contribution in [0.15, 0.2) is 53.3 Å². The van der Waals surface area contributed by atoms with E-state index < -0.39 is 11.2 Å². The first kappa shape index (κ1) is 18.2. The molecule has 0 saturated carbocycles. The van der Waals surface area contributed by atoms with Gasteiger partial charge in [-0.05, 0) is 49.6 Å². The third kappa shape index (κ3) is 2.53. The molecule has 0 bridgehead atoms. The minimum atomic E-state index is -1.32. The molecule has 0 fully saturated rings. The lowest BCUT2D eigenvalue weighted by Crippen LogP contribution is -2.52. The summed E-state index contributed by atoms with van der Waals surface area (Å²) in [5.74, 6) is 0.545. The zero-order valence-corrected chi connectivity index (χ0v) is 14.9. The van der Waals surface area contributed by atoms with Gasteiger partial charge in [0.05, 0.1) is 7.11 Å². The Kier molecular flexibility index (Phi) is 4.86. The number of benzene rings is 1. The van der Waals surface area contributed by atoms with Crippen LogP contribution in [0.25, 0.3) is 0 Å². The Bertz CT molecular complexity index is 737. The van der Waals surface area contributed by atoms with Crippen LogP contribution in [0.5, 0.6) is 5.75 Å². The van der Waals surface area contributed by atoms with Crippen LogP contribution < -0.4 is 4.74 Å². The summed E-state index contributed by atoms with van der Waals surface area (Å²) in [5.41, 5.74) is 2.54. The van der Waals surface area contributed by atoms with Gasteiger partial charge in [-0.3, -0.25) is 4.79 Å². The Morgan fingerprint density at radius 3 is 2.29 bits per heavy atom. The molecule has 0 amide bonds. The van der Waals surface area contributed by atoms with Gasteiger partial charge in [-0.2, -0.15) is 0 Å². The van der Waals surface area contributed by atoms with Gasteiger partial charge in [0.25, 0.3) is 0 Å². The van der Waals surface area contributed by atoms with Crippen molar-refractivity contribution < 1.29 is 19.4 Å². The second kappa shape index (κ2) is 6.40. The predicted molar refractivity (Wildman–Crippen MR) is 93.0 cm³/mol. The van der Waals surface area contributed by atoms with Gasteiger partial charge in [-0.15, -0.1) is 5.73 Å². The number of hydrogen-bond donors (Lipinski definition) is 1. The van der Waals surface area contributed by atoms with E-state index in [4.69, 9.17) is 9.47 Å². The molecule has 0 radical (unpaired) electrons. The lowest BCUT2D eigenvalue weighted by molar-refractivity contribution is -0.147. The number of rotatable bonds is 4. The first-order valence-corrected chi connectivity index (χ1v) is 7.78. The SMILES string of the molecule is C=C=C(C)[C@]1(O)C[C@](OC)(c2ccc(OC)cc2)C(=O)C(C)=C1C. The largest absolute Gasteiger partial charge is 0.497 e. The van der Waals surface area contributed by atoms with Gasteiger partial charge in [-0.1, -0.05) is 18.7 Å². The van der Waals surface area contributed by atoms with Gasteiger partial charge in [-0.25, -0.2) is 0 Å². The fourth-order valence-electron chi connectivity index (χ4n) is 3.29. The molecule has 0 aliphatic heterocycles. The van der Waals surface area contributed by atoms with E-state index in [1.165, 1.54) is 7.11 Å². The Morgan fingerprint density at radius 2 is 1.83 bits per heavy atom. The Balaban J connectivity index is 2.69. The Hall–Kier alpha value is -2.13. The normalized spacial score (nSPS) is 27.0. The highest BCUT2D eigenvalue weighted by Gasteiger charge is 2.53. The van der Waals surface area contributed by atoms with Crippen molar-refractivity contribution in [2.24, 2.45) is 0 Å². The fourth-order valence-corrected chi connectivity index (χ4v) is 3.29. The molecule has 4 heteroatoms. The van der Waals surface area contributed by atoms with E-state index in [9.17, 15) is 9.90 Å². The van der Waals surface area contributed by atoms with Crippen molar-refractivity contribution in [1.29, 1.82) is 0 Å². The van der Waals surface area contributed by atoms with Crippen LogP contribution in [-0.2, 0) is 15.1 Å². The molecule has 0 aromatic heterocycles. The van der Waals surface area contributed by atoms with E-state index >= 15 is 0 Å². The molecule has 2 rings (SSSR count). The quantitative estimate of drug-likeness (QED) is 0.862. The molecule has 1 aromatic rings. The number of methoxy groups -OCH3 is 2. The molecule has 1 aromatic carbocycles. The van der Waals surface area contributed by atoms with Crippen molar-refractivity contribution in [3.63, 3.8) is 0 Å². The summed E-state index contributed by atoms with van der Waals surface area (Å²) >= 11 is 0. The van der Waals surface area contributed by atoms with Crippen LogP contribution in [0.1, 0.15) is 32.8 Å². The van der Waals surface area contributed by atoms with Crippen LogP contribution in [0.4, 0.5) is 0 Å². The molecular formula is C20H24O4. The maximum Gasteiger partial charge on any atom is 0.195 e. The average molecular weight is 328 g/mol. The van der Waals surface area contributed by atoms with E-state index in [1.807, 2.05) is 0 Å². The van der Waals surface area contributed by atoms with Crippen molar-refractivity contribution in [2.45, 2.75) is 38.4 Å². The Morgan fingerprint density at radius 1 is 1.25 bits per heavy atom. The monoisotopic (exact) mass is 328 g/mol. The van der Waals surface area contributed by atoms with Crippen LogP contribution in [-0.4, -0.2) is 30.7 Å². The number of hydrogen-bond acceptors (Lipinski definition) is 4. The number of carbonyl (C=O) groups is 1. The highest BCUT2D eigenvalue weighted by Crippen LogP contribution is 2.47. The van der Waals surface area contributed by atoms with Crippen molar-refractivity contribution in [2.75, 3.05) is 14.2 Å². The first-order valence-electron chi connectivity index (χ1n) is 7.78. The van der Waals surface area contributed by atoms with E-state index in [-0.39, 0.29) is 12.2 Å². The number of carbonyl (C=O) groups excluding carboxylic acids is 1. The Labute approximate surface area is 143 Å². The standard InChI is InChI=1S/C20H24O4/c1-7-13(2)19(22)12-20(24-6,18(21)14(3)15(19)4)16-8-10-17(23-5)11-9-16/h8-11,22H,1,12H2,2-6H3/t19-,20+/m1/s1. The summed E-state index contributed by atoms with van der Waals surface area (Å²) in [6.45, 7) is 8.88. The van der Waals surface area contributed by atoms with Gasteiger partial charge in [0.15, 0.2) is 11.4 Å². The van der Waals surface area contributed by atoms with E-state index in [0.717, 1.165) is 0 Å². The fraction of sp³-hybridized carbons (Fsp3) is 0.400. The van der Waals surface area contributed by atoms with Crippen molar-refractivity contribution in [3.8, 4) is 5.75 Å². The highest BCUT2D eigenvalue weighted by atomic mass is 16.5. The molecular weight excluding hydrogens is 304 g/mol. The molecule has 0 saturated heterocycles. The highest BCUT2D eigenvalue weighted by molar-refractivity contribution is 6.04. The maximum absolute atomic E-state index is 13.1. The van der Waals surface area contributed by atoms with Crippen LogP contribution in [0, 0.1) is 0 Å². The average Bonchev–Trinajstić information content (AvgIpc) is 2.62. The molecule has 1 aliphatic rings. The predicted octanol–water partition coefficient (Wildman–Crippen LogP) is 3.31. The number of ether oxygens (including phenoxy) is 2. The third-order valence-electron chi connectivity index (χ3n) is 5.19. The third-order valence-corrected chi connectivity index (χ3v) is 5.19. The molecule has 128 valence electrons. The maximum atomic E-state index is 13.1. The second-order valence-corrected chi connectivity index (χ2v) is 6.18. The van der Waals surface area contributed by atoms with Crippen LogP contribution >= 0.6 is 0 Å². The second-order valence-electron chi connectivity index (χ2n) is 6.18. The van der Waals surface area contributed by atoms with Crippen molar-refractivity contribution in [1.82, 2.24) is 0 Å². The van der Waals surface area contributed by atoms with Crippen molar-refractivity contribution >= 4 is 5.78 Å². The van der Waals surface area contributed by atoms with Gasteiger partial charge < -0.3 is 14.6 Å². The lowest BCUT2D eigenvalue weighted by atomic mass is 9.66. The van der Waals surface area contributed by atoms with Crippen molar-refractivity contribution in [3.05, 3.63) is 58.9 Å². The van der Waals surface area contributed by atoms with E-state index in [1.54, 1.807) is 52.1 Å². The van der Waals surface area contributed by atoms with Gasteiger partial charge in [0.2, 0.25) is 0 Å². The summed E-state index contributed by atoms with van der Waals surface area (Å²) in [5, 5.41) is 11.3. The summed E-state index contributed by atoms with van der Waals surface area (Å²) in [7, 11) is 3.07.